The van der Waals surface area contributed by atoms with Crippen LogP contribution in [0.4, 0.5) is 17.6 Å². The Morgan fingerprint density at radius 2 is 1.83 bits per heavy atom. The minimum atomic E-state index is -3.88. The summed E-state index contributed by atoms with van der Waals surface area (Å²) in [7, 11) is -2.12. The van der Waals surface area contributed by atoms with Gasteiger partial charge in [-0.05, 0) is 49.1 Å². The average Bonchev–Trinajstić information content (AvgIpc) is 3.58. The van der Waals surface area contributed by atoms with E-state index in [-0.39, 0.29) is 22.5 Å². The molecule has 10 nitrogen and oxygen atoms in total. The van der Waals surface area contributed by atoms with Gasteiger partial charge < -0.3 is 10.6 Å². The van der Waals surface area contributed by atoms with Gasteiger partial charge in [0.25, 0.3) is 10.0 Å². The minimum Gasteiger partial charge on any atom is -0.363 e. The monoisotopic (exact) mass is 500 g/mol. The molecule has 1 aliphatic rings. The van der Waals surface area contributed by atoms with E-state index < -0.39 is 10.0 Å². The third-order valence-electron chi connectivity index (χ3n) is 6.38. The van der Waals surface area contributed by atoms with Crippen LogP contribution in [0.3, 0.4) is 0 Å². The number of hydrogen-bond donors (Lipinski definition) is 2. The van der Waals surface area contributed by atoms with Gasteiger partial charge in [-0.1, -0.05) is 47.2 Å². The molecular weight excluding hydrogens is 476 g/mol. The van der Waals surface area contributed by atoms with Crippen LogP contribution in [0.15, 0.2) is 71.9 Å². The van der Waals surface area contributed by atoms with Crippen LogP contribution < -0.4 is 10.6 Å². The van der Waals surface area contributed by atoms with Gasteiger partial charge in [0.15, 0.2) is 11.5 Å². The predicted molar refractivity (Wildman–Crippen MR) is 137 cm³/mol. The summed E-state index contributed by atoms with van der Waals surface area (Å²) in [6, 6.07) is 16.9. The smallest absolute Gasteiger partial charge is 0.269 e. The SMILES string of the molecule is Cc1ccc(S(=O)(=O)n2ccc3c(N[C@H]4CCc5ccccc54)nc(Nc4cn(C)nn4)nc32)cc1. The standard InChI is InChI=1S/C25H24N8O2S/c1-16-7-10-18(11-8-16)36(34,35)33-14-13-20-23(26-21-12-9-17-5-3-4-6-19(17)21)28-25(29-24(20)33)27-22-15-32(2)31-30-22/h3-8,10-11,13-15,21H,9,12H2,1-2H3,(H2,26,27,28,29)/t21-/m0/s1. The van der Waals surface area contributed by atoms with Gasteiger partial charge in [0.2, 0.25) is 5.95 Å². The number of hydrogen-bond acceptors (Lipinski definition) is 8. The second-order valence-electron chi connectivity index (χ2n) is 8.90. The Morgan fingerprint density at radius 3 is 2.61 bits per heavy atom. The number of nitrogens with one attached hydrogen (secondary N) is 2. The fraction of sp³-hybridized carbons (Fsp3) is 0.200. The third kappa shape index (κ3) is 3.87. The van der Waals surface area contributed by atoms with Crippen molar-refractivity contribution in [3.63, 3.8) is 0 Å². The lowest BCUT2D eigenvalue weighted by atomic mass is 10.1. The van der Waals surface area contributed by atoms with Crippen LogP contribution in [0, 0.1) is 6.92 Å². The zero-order valence-corrected chi connectivity index (χ0v) is 20.6. The molecule has 0 saturated carbocycles. The molecule has 5 aromatic rings. The normalized spacial score (nSPS) is 15.2. The minimum absolute atomic E-state index is 0.0562. The van der Waals surface area contributed by atoms with Gasteiger partial charge in [0, 0.05) is 13.2 Å². The quantitative estimate of drug-likeness (QED) is 0.360. The Bertz CT molecular complexity index is 1690. The topological polar surface area (TPSA) is 120 Å². The molecule has 0 bridgehead atoms. The first-order valence-corrected chi connectivity index (χ1v) is 13.0. The molecule has 11 heteroatoms. The summed E-state index contributed by atoms with van der Waals surface area (Å²) in [6.45, 7) is 1.91. The van der Waals surface area contributed by atoms with Gasteiger partial charge in [-0.3, -0.25) is 4.68 Å². The first kappa shape index (κ1) is 22.2. The molecule has 0 fully saturated rings. The van der Waals surface area contributed by atoms with Crippen molar-refractivity contribution in [3.05, 3.63) is 83.7 Å². The van der Waals surface area contributed by atoms with Crippen LogP contribution in [-0.4, -0.2) is 37.4 Å². The second kappa shape index (κ2) is 8.45. The number of aromatic nitrogens is 6. The average molecular weight is 501 g/mol. The number of nitrogens with zero attached hydrogens (tertiary/aromatic N) is 6. The molecule has 36 heavy (non-hydrogen) atoms. The lowest BCUT2D eigenvalue weighted by Gasteiger charge is -2.17. The molecule has 6 rings (SSSR count). The fourth-order valence-electron chi connectivity index (χ4n) is 4.57. The van der Waals surface area contributed by atoms with Crippen molar-refractivity contribution in [2.24, 2.45) is 7.05 Å². The molecule has 1 aliphatic carbocycles. The van der Waals surface area contributed by atoms with Gasteiger partial charge in [-0.25, -0.2) is 12.4 Å². The van der Waals surface area contributed by atoms with Crippen LogP contribution in [0.25, 0.3) is 11.0 Å². The second-order valence-corrected chi connectivity index (χ2v) is 10.7. The summed E-state index contributed by atoms with van der Waals surface area (Å²) in [6.07, 6.45) is 5.10. The van der Waals surface area contributed by atoms with Crippen molar-refractivity contribution in [2.45, 2.75) is 30.7 Å². The summed E-state index contributed by atoms with van der Waals surface area (Å²) in [5.74, 6) is 1.22. The van der Waals surface area contributed by atoms with E-state index in [0.717, 1.165) is 18.4 Å². The van der Waals surface area contributed by atoms with Crippen molar-refractivity contribution in [2.75, 3.05) is 10.6 Å². The van der Waals surface area contributed by atoms with E-state index in [4.69, 9.17) is 4.98 Å². The number of benzene rings is 2. The lowest BCUT2D eigenvalue weighted by Crippen LogP contribution is -2.14. The van der Waals surface area contributed by atoms with E-state index in [1.54, 1.807) is 48.3 Å². The number of fused-ring (bicyclic) bond motifs is 2. The molecule has 0 radical (unpaired) electrons. The van der Waals surface area contributed by atoms with E-state index in [1.807, 2.05) is 19.1 Å². The molecule has 3 aromatic heterocycles. The van der Waals surface area contributed by atoms with Crippen molar-refractivity contribution < 1.29 is 8.42 Å². The van der Waals surface area contributed by atoms with Gasteiger partial charge in [-0.15, -0.1) is 5.10 Å². The molecule has 0 aliphatic heterocycles. The Hall–Kier alpha value is -4.25. The first-order valence-electron chi connectivity index (χ1n) is 11.6. The maximum atomic E-state index is 13.5. The molecule has 3 heterocycles. The highest BCUT2D eigenvalue weighted by molar-refractivity contribution is 7.90. The molecule has 0 unspecified atom stereocenters. The van der Waals surface area contributed by atoms with Crippen molar-refractivity contribution in [1.29, 1.82) is 0 Å². The molecule has 2 N–H and O–H groups in total. The first-order chi connectivity index (χ1) is 17.4. The highest BCUT2D eigenvalue weighted by Crippen LogP contribution is 2.36. The van der Waals surface area contributed by atoms with Crippen molar-refractivity contribution in [1.82, 2.24) is 28.9 Å². The van der Waals surface area contributed by atoms with Crippen LogP contribution in [-0.2, 0) is 23.5 Å². The maximum Gasteiger partial charge on any atom is 0.269 e. The molecule has 0 saturated heterocycles. The largest absolute Gasteiger partial charge is 0.363 e. The molecular formula is C25H24N8O2S. The highest BCUT2D eigenvalue weighted by atomic mass is 32.2. The van der Waals surface area contributed by atoms with E-state index in [0.29, 0.717) is 17.0 Å². The molecule has 2 aromatic carbocycles. The van der Waals surface area contributed by atoms with Crippen LogP contribution in [0.5, 0.6) is 0 Å². The molecule has 0 spiro atoms. The highest BCUT2D eigenvalue weighted by Gasteiger charge is 2.26. The Balaban J connectivity index is 1.47. The Morgan fingerprint density at radius 1 is 1.03 bits per heavy atom. The number of rotatable bonds is 6. The van der Waals surface area contributed by atoms with Gasteiger partial charge in [0.05, 0.1) is 22.5 Å². The predicted octanol–water partition coefficient (Wildman–Crippen LogP) is 3.95. The maximum absolute atomic E-state index is 13.5. The third-order valence-corrected chi connectivity index (χ3v) is 8.06. The lowest BCUT2D eigenvalue weighted by molar-refractivity contribution is 0.589. The van der Waals surface area contributed by atoms with Crippen molar-refractivity contribution in [3.8, 4) is 0 Å². The summed E-state index contributed by atoms with van der Waals surface area (Å²) < 4.78 is 29.9. The van der Waals surface area contributed by atoms with Crippen molar-refractivity contribution >= 4 is 38.6 Å². The molecule has 1 atom stereocenters. The van der Waals surface area contributed by atoms with E-state index in [1.165, 1.54) is 21.3 Å². The zero-order chi connectivity index (χ0) is 24.9. The van der Waals surface area contributed by atoms with Gasteiger partial charge >= 0.3 is 0 Å². The summed E-state index contributed by atoms with van der Waals surface area (Å²) in [4.78, 5) is 9.46. The van der Waals surface area contributed by atoms with Crippen LogP contribution in [0.2, 0.25) is 0 Å². The van der Waals surface area contributed by atoms with Gasteiger partial charge in [0.1, 0.15) is 5.82 Å². The summed E-state index contributed by atoms with van der Waals surface area (Å²) in [5, 5.41) is 15.2. The number of aryl methyl sites for hydroxylation is 3. The zero-order valence-electron chi connectivity index (χ0n) is 19.8. The molecule has 0 amide bonds. The van der Waals surface area contributed by atoms with Gasteiger partial charge in [-0.2, -0.15) is 9.97 Å². The summed E-state index contributed by atoms with van der Waals surface area (Å²) >= 11 is 0. The van der Waals surface area contributed by atoms with E-state index >= 15 is 0 Å². The Kier molecular flexibility index (Phi) is 5.22. The summed E-state index contributed by atoms with van der Waals surface area (Å²) in [5.41, 5.74) is 3.77. The Labute approximate surface area is 208 Å². The fourth-order valence-corrected chi connectivity index (χ4v) is 5.86. The van der Waals surface area contributed by atoms with Crippen LogP contribution in [0.1, 0.15) is 29.2 Å². The van der Waals surface area contributed by atoms with E-state index in [2.05, 4.69) is 38.1 Å². The molecule has 182 valence electrons. The number of anilines is 3. The van der Waals surface area contributed by atoms with Crippen LogP contribution >= 0.6 is 0 Å². The van der Waals surface area contributed by atoms with E-state index in [9.17, 15) is 8.42 Å².